The van der Waals surface area contributed by atoms with Crippen LogP contribution in [0.25, 0.3) is 0 Å². The van der Waals surface area contributed by atoms with E-state index in [2.05, 4.69) is 25.8 Å². The Morgan fingerprint density at radius 2 is 2.04 bits per heavy atom. The van der Waals surface area contributed by atoms with Gasteiger partial charge in [0.15, 0.2) is 5.82 Å². The van der Waals surface area contributed by atoms with Gasteiger partial charge >= 0.3 is 0 Å². The van der Waals surface area contributed by atoms with E-state index in [0.29, 0.717) is 22.8 Å². The van der Waals surface area contributed by atoms with E-state index in [1.807, 2.05) is 13.8 Å². The number of aromatic nitrogens is 5. The first-order chi connectivity index (χ1) is 12.1. The average Bonchev–Trinajstić information content (AvgIpc) is 3.10. The van der Waals surface area contributed by atoms with Gasteiger partial charge in [-0.3, -0.25) is 9.78 Å². The largest absolute Gasteiger partial charge is 0.486 e. The van der Waals surface area contributed by atoms with Crippen LogP contribution in [0.15, 0.2) is 48.8 Å². The van der Waals surface area contributed by atoms with Gasteiger partial charge in [-0.15, -0.1) is 5.10 Å². The molecule has 128 valence electrons. The SMILES string of the molecule is CC(C)n1nnnc1COc1cccc(C(=O)Nc2ccncc2)c1. The highest BCUT2D eigenvalue weighted by molar-refractivity contribution is 6.04. The van der Waals surface area contributed by atoms with Gasteiger partial charge in [-0.05, 0) is 54.6 Å². The van der Waals surface area contributed by atoms with Crippen LogP contribution in [0.4, 0.5) is 5.69 Å². The topological polar surface area (TPSA) is 94.8 Å². The Bertz CT molecular complexity index is 847. The lowest BCUT2D eigenvalue weighted by molar-refractivity contribution is 0.102. The molecular formula is C17H18N6O2. The molecule has 0 aliphatic rings. The third-order valence-corrected chi connectivity index (χ3v) is 3.45. The van der Waals surface area contributed by atoms with E-state index >= 15 is 0 Å². The van der Waals surface area contributed by atoms with Crippen LogP contribution >= 0.6 is 0 Å². The molecule has 3 rings (SSSR count). The average molecular weight is 338 g/mol. The summed E-state index contributed by atoms with van der Waals surface area (Å²) in [6, 6.07) is 10.6. The first-order valence-corrected chi connectivity index (χ1v) is 7.84. The number of anilines is 1. The van der Waals surface area contributed by atoms with E-state index in [0.717, 1.165) is 0 Å². The van der Waals surface area contributed by atoms with E-state index in [1.54, 1.807) is 53.5 Å². The van der Waals surface area contributed by atoms with Gasteiger partial charge in [-0.1, -0.05) is 6.07 Å². The molecule has 2 heterocycles. The molecule has 8 nitrogen and oxygen atoms in total. The summed E-state index contributed by atoms with van der Waals surface area (Å²) in [6.07, 6.45) is 3.24. The van der Waals surface area contributed by atoms with Crippen LogP contribution in [-0.2, 0) is 6.61 Å². The summed E-state index contributed by atoms with van der Waals surface area (Å²) in [4.78, 5) is 16.2. The molecule has 0 unspecified atom stereocenters. The minimum atomic E-state index is -0.219. The van der Waals surface area contributed by atoms with Crippen molar-refractivity contribution in [1.82, 2.24) is 25.2 Å². The molecule has 0 bridgehead atoms. The second-order valence-corrected chi connectivity index (χ2v) is 5.64. The van der Waals surface area contributed by atoms with Crippen LogP contribution in [0.3, 0.4) is 0 Å². The summed E-state index contributed by atoms with van der Waals surface area (Å²) in [5.41, 5.74) is 1.18. The zero-order valence-corrected chi connectivity index (χ0v) is 14.0. The number of hydrogen-bond acceptors (Lipinski definition) is 6. The summed E-state index contributed by atoms with van der Waals surface area (Å²) in [5, 5.41) is 14.4. The Kier molecular flexibility index (Phi) is 4.98. The van der Waals surface area contributed by atoms with Gasteiger partial charge in [0, 0.05) is 23.6 Å². The predicted octanol–water partition coefficient (Wildman–Crippen LogP) is 2.48. The third kappa shape index (κ3) is 4.17. The number of carbonyl (C=O) groups excluding carboxylic acids is 1. The van der Waals surface area contributed by atoms with Crippen molar-refractivity contribution in [3.63, 3.8) is 0 Å². The van der Waals surface area contributed by atoms with Gasteiger partial charge < -0.3 is 10.1 Å². The quantitative estimate of drug-likeness (QED) is 0.742. The fourth-order valence-corrected chi connectivity index (χ4v) is 2.22. The molecule has 8 heteroatoms. The highest BCUT2D eigenvalue weighted by Crippen LogP contribution is 2.17. The molecule has 2 aromatic heterocycles. The van der Waals surface area contributed by atoms with Gasteiger partial charge in [0.1, 0.15) is 12.4 Å². The van der Waals surface area contributed by atoms with Crippen molar-refractivity contribution >= 4 is 11.6 Å². The summed E-state index contributed by atoms with van der Waals surface area (Å²) < 4.78 is 7.42. The maximum absolute atomic E-state index is 12.3. The number of tetrazole rings is 1. The van der Waals surface area contributed by atoms with Crippen molar-refractivity contribution in [3.05, 3.63) is 60.2 Å². The van der Waals surface area contributed by atoms with Gasteiger partial charge in [-0.2, -0.15) is 0 Å². The maximum Gasteiger partial charge on any atom is 0.255 e. The second-order valence-electron chi connectivity index (χ2n) is 5.64. The van der Waals surface area contributed by atoms with Gasteiger partial charge in [-0.25, -0.2) is 4.68 Å². The third-order valence-electron chi connectivity index (χ3n) is 3.45. The number of benzene rings is 1. The molecule has 0 aliphatic carbocycles. The molecule has 0 saturated carbocycles. The first kappa shape index (κ1) is 16.6. The number of amides is 1. The number of carbonyl (C=O) groups is 1. The van der Waals surface area contributed by atoms with Gasteiger partial charge in [0.2, 0.25) is 0 Å². The molecule has 1 aromatic carbocycles. The predicted molar refractivity (Wildman–Crippen MR) is 91.2 cm³/mol. The highest BCUT2D eigenvalue weighted by atomic mass is 16.5. The van der Waals surface area contributed by atoms with Gasteiger partial charge in [0.25, 0.3) is 5.91 Å². The lowest BCUT2D eigenvalue weighted by atomic mass is 10.2. The monoisotopic (exact) mass is 338 g/mol. The summed E-state index contributed by atoms with van der Waals surface area (Å²) >= 11 is 0. The number of hydrogen-bond donors (Lipinski definition) is 1. The summed E-state index contributed by atoms with van der Waals surface area (Å²) in [6.45, 7) is 4.20. The van der Waals surface area contributed by atoms with Crippen LogP contribution < -0.4 is 10.1 Å². The van der Waals surface area contributed by atoms with E-state index in [-0.39, 0.29) is 18.6 Å². The van der Waals surface area contributed by atoms with Gasteiger partial charge in [0.05, 0.1) is 6.04 Å². The lowest BCUT2D eigenvalue weighted by Gasteiger charge is -2.10. The molecular weight excluding hydrogens is 320 g/mol. The molecule has 1 amide bonds. The van der Waals surface area contributed by atoms with E-state index in [4.69, 9.17) is 4.74 Å². The molecule has 0 fully saturated rings. The zero-order chi connectivity index (χ0) is 17.6. The minimum Gasteiger partial charge on any atom is -0.486 e. The Labute approximate surface area is 144 Å². The van der Waals surface area contributed by atoms with Crippen molar-refractivity contribution in [2.45, 2.75) is 26.5 Å². The molecule has 3 aromatic rings. The molecule has 25 heavy (non-hydrogen) atoms. The Morgan fingerprint density at radius 1 is 1.24 bits per heavy atom. The Balaban J connectivity index is 1.67. The number of ether oxygens (including phenoxy) is 1. The number of nitrogens with zero attached hydrogens (tertiary/aromatic N) is 5. The number of pyridine rings is 1. The van der Waals surface area contributed by atoms with Crippen molar-refractivity contribution in [2.24, 2.45) is 0 Å². The van der Waals surface area contributed by atoms with E-state index < -0.39 is 0 Å². The van der Waals surface area contributed by atoms with Crippen LogP contribution in [0, 0.1) is 0 Å². The maximum atomic E-state index is 12.3. The van der Waals surface area contributed by atoms with Crippen LogP contribution in [0.5, 0.6) is 5.75 Å². The van der Waals surface area contributed by atoms with Crippen molar-refractivity contribution in [3.8, 4) is 5.75 Å². The van der Waals surface area contributed by atoms with Crippen molar-refractivity contribution in [2.75, 3.05) is 5.32 Å². The van der Waals surface area contributed by atoms with E-state index in [1.165, 1.54) is 0 Å². The summed E-state index contributed by atoms with van der Waals surface area (Å²) in [5.74, 6) is 0.978. The standard InChI is InChI=1S/C17H18N6O2/c1-12(2)23-16(20-21-22-23)11-25-15-5-3-4-13(10-15)17(24)19-14-6-8-18-9-7-14/h3-10,12H,11H2,1-2H3,(H,18,19,24). The van der Waals surface area contributed by atoms with E-state index in [9.17, 15) is 4.79 Å². The lowest BCUT2D eigenvalue weighted by Crippen LogP contribution is -2.13. The second kappa shape index (κ2) is 7.52. The van der Waals surface area contributed by atoms with Crippen molar-refractivity contribution < 1.29 is 9.53 Å². The zero-order valence-electron chi connectivity index (χ0n) is 14.0. The molecule has 0 saturated heterocycles. The highest BCUT2D eigenvalue weighted by Gasteiger charge is 2.11. The Hall–Kier alpha value is -3.29. The smallest absolute Gasteiger partial charge is 0.255 e. The number of rotatable bonds is 6. The number of nitrogens with one attached hydrogen (secondary N) is 1. The molecule has 0 atom stereocenters. The normalized spacial score (nSPS) is 10.7. The Morgan fingerprint density at radius 3 is 2.80 bits per heavy atom. The van der Waals surface area contributed by atoms with Crippen molar-refractivity contribution in [1.29, 1.82) is 0 Å². The van der Waals surface area contributed by atoms with Crippen LogP contribution in [-0.4, -0.2) is 31.1 Å². The molecule has 0 spiro atoms. The minimum absolute atomic E-state index is 0.145. The molecule has 1 N–H and O–H groups in total. The molecule has 0 radical (unpaired) electrons. The first-order valence-electron chi connectivity index (χ1n) is 7.84. The fraction of sp³-hybridized carbons (Fsp3) is 0.235. The molecule has 0 aliphatic heterocycles. The fourth-order valence-electron chi connectivity index (χ4n) is 2.22. The summed E-state index contributed by atoms with van der Waals surface area (Å²) in [7, 11) is 0. The van der Waals surface area contributed by atoms with Crippen LogP contribution in [0.1, 0.15) is 36.1 Å². The van der Waals surface area contributed by atoms with Crippen LogP contribution in [0.2, 0.25) is 0 Å².